The SMILES string of the molecule is CCOC1CCC(O)(C(CN(C)C)c2ccc(O)cc2)CC1. The Bertz CT molecular complexity index is 450. The molecule has 22 heavy (non-hydrogen) atoms. The Kier molecular flexibility index (Phi) is 5.84. The summed E-state index contributed by atoms with van der Waals surface area (Å²) in [6.07, 6.45) is 3.62. The molecule has 0 spiro atoms. The lowest BCUT2D eigenvalue weighted by atomic mass is 9.72. The number of hydrogen-bond acceptors (Lipinski definition) is 4. The molecule has 0 heterocycles. The third-order valence-electron chi connectivity index (χ3n) is 4.69. The highest BCUT2D eigenvalue weighted by atomic mass is 16.5. The van der Waals surface area contributed by atoms with E-state index in [4.69, 9.17) is 4.74 Å². The zero-order valence-corrected chi connectivity index (χ0v) is 14.0. The second kappa shape index (κ2) is 7.44. The van der Waals surface area contributed by atoms with E-state index in [1.165, 1.54) is 0 Å². The van der Waals surface area contributed by atoms with Gasteiger partial charge < -0.3 is 19.8 Å². The van der Waals surface area contributed by atoms with Crippen molar-refractivity contribution in [1.29, 1.82) is 0 Å². The van der Waals surface area contributed by atoms with E-state index in [1.807, 2.05) is 33.2 Å². The molecule has 4 heteroatoms. The van der Waals surface area contributed by atoms with Gasteiger partial charge in [-0.05, 0) is 64.4 Å². The molecule has 4 nitrogen and oxygen atoms in total. The maximum Gasteiger partial charge on any atom is 0.115 e. The van der Waals surface area contributed by atoms with Crippen LogP contribution in [0.15, 0.2) is 24.3 Å². The molecule has 1 aliphatic rings. The van der Waals surface area contributed by atoms with Gasteiger partial charge in [-0.2, -0.15) is 0 Å². The summed E-state index contributed by atoms with van der Waals surface area (Å²) >= 11 is 0. The quantitative estimate of drug-likeness (QED) is 0.848. The van der Waals surface area contributed by atoms with Crippen LogP contribution >= 0.6 is 0 Å². The fraction of sp³-hybridized carbons (Fsp3) is 0.667. The fourth-order valence-electron chi connectivity index (χ4n) is 3.50. The highest BCUT2D eigenvalue weighted by Gasteiger charge is 2.41. The first-order valence-corrected chi connectivity index (χ1v) is 8.22. The first-order chi connectivity index (χ1) is 10.4. The van der Waals surface area contributed by atoms with Gasteiger partial charge in [-0.1, -0.05) is 12.1 Å². The second-order valence-corrected chi connectivity index (χ2v) is 6.66. The van der Waals surface area contributed by atoms with Gasteiger partial charge in [0.15, 0.2) is 0 Å². The lowest BCUT2D eigenvalue weighted by Gasteiger charge is -2.42. The molecular formula is C18H29NO3. The predicted octanol–water partition coefficient (Wildman–Crippen LogP) is 2.75. The molecule has 2 N–H and O–H groups in total. The molecule has 1 aromatic carbocycles. The van der Waals surface area contributed by atoms with Crippen LogP contribution in [-0.2, 0) is 4.74 Å². The summed E-state index contributed by atoms with van der Waals surface area (Å²) in [5.74, 6) is 0.310. The maximum atomic E-state index is 11.2. The van der Waals surface area contributed by atoms with Crippen LogP contribution in [0.1, 0.15) is 44.1 Å². The van der Waals surface area contributed by atoms with Gasteiger partial charge in [-0.25, -0.2) is 0 Å². The van der Waals surface area contributed by atoms with Crippen molar-refractivity contribution in [2.45, 2.75) is 50.2 Å². The van der Waals surface area contributed by atoms with Gasteiger partial charge >= 0.3 is 0 Å². The summed E-state index contributed by atoms with van der Waals surface area (Å²) in [6, 6.07) is 7.26. The van der Waals surface area contributed by atoms with Crippen LogP contribution in [0.5, 0.6) is 5.75 Å². The zero-order chi connectivity index (χ0) is 16.2. The molecule has 1 aliphatic carbocycles. The molecule has 1 atom stereocenters. The van der Waals surface area contributed by atoms with Gasteiger partial charge in [0.2, 0.25) is 0 Å². The van der Waals surface area contributed by atoms with Gasteiger partial charge in [-0.3, -0.25) is 0 Å². The van der Waals surface area contributed by atoms with E-state index in [1.54, 1.807) is 12.1 Å². The first kappa shape index (κ1) is 17.3. The van der Waals surface area contributed by atoms with E-state index < -0.39 is 5.60 Å². The standard InChI is InChI=1S/C18H29NO3/c1-4-22-16-9-11-18(21,12-10-16)17(13-19(2)3)14-5-7-15(20)8-6-14/h5-8,16-17,20-21H,4,9-13H2,1-3H3. The van der Waals surface area contributed by atoms with E-state index in [9.17, 15) is 10.2 Å². The number of phenolic OH excluding ortho intramolecular Hbond substituents is 1. The number of ether oxygens (including phenoxy) is 1. The second-order valence-electron chi connectivity index (χ2n) is 6.66. The highest BCUT2D eigenvalue weighted by Crippen LogP contribution is 2.41. The van der Waals surface area contributed by atoms with Crippen molar-refractivity contribution in [3.05, 3.63) is 29.8 Å². The molecular weight excluding hydrogens is 278 g/mol. The number of aromatic hydroxyl groups is 1. The summed E-state index contributed by atoms with van der Waals surface area (Å²) in [5.41, 5.74) is 0.387. The number of hydrogen-bond donors (Lipinski definition) is 2. The number of phenols is 1. The summed E-state index contributed by atoms with van der Waals surface area (Å²) < 4.78 is 5.70. The third kappa shape index (κ3) is 4.22. The number of rotatable bonds is 6. The Morgan fingerprint density at radius 2 is 1.82 bits per heavy atom. The van der Waals surface area contributed by atoms with E-state index in [0.717, 1.165) is 44.4 Å². The maximum absolute atomic E-state index is 11.2. The number of likely N-dealkylation sites (N-methyl/N-ethyl adjacent to an activating group) is 1. The van der Waals surface area contributed by atoms with Gasteiger partial charge in [0, 0.05) is 19.1 Å². The van der Waals surface area contributed by atoms with Crippen LogP contribution in [-0.4, -0.2) is 54.1 Å². The lowest BCUT2D eigenvalue weighted by Crippen LogP contribution is -2.45. The number of nitrogens with zero attached hydrogens (tertiary/aromatic N) is 1. The average Bonchev–Trinajstić information content (AvgIpc) is 2.48. The minimum absolute atomic E-state index is 0.0469. The van der Waals surface area contributed by atoms with Gasteiger partial charge in [0.25, 0.3) is 0 Å². The molecule has 1 fully saturated rings. The molecule has 0 amide bonds. The molecule has 2 rings (SSSR count). The smallest absolute Gasteiger partial charge is 0.115 e. The van der Waals surface area contributed by atoms with Crippen molar-refractivity contribution >= 4 is 0 Å². The topological polar surface area (TPSA) is 52.9 Å². The summed E-state index contributed by atoms with van der Waals surface area (Å²) in [4.78, 5) is 2.12. The Balaban J connectivity index is 2.16. The van der Waals surface area contributed by atoms with E-state index in [0.29, 0.717) is 0 Å². The van der Waals surface area contributed by atoms with Crippen LogP contribution in [0.3, 0.4) is 0 Å². The van der Waals surface area contributed by atoms with E-state index in [-0.39, 0.29) is 17.8 Å². The molecule has 1 aromatic rings. The first-order valence-electron chi connectivity index (χ1n) is 8.22. The fourth-order valence-corrected chi connectivity index (χ4v) is 3.50. The van der Waals surface area contributed by atoms with Crippen molar-refractivity contribution in [3.8, 4) is 5.75 Å². The zero-order valence-electron chi connectivity index (χ0n) is 14.0. The summed E-state index contributed by atoms with van der Waals surface area (Å²) in [5, 5.41) is 20.7. The summed E-state index contributed by atoms with van der Waals surface area (Å²) in [7, 11) is 4.06. The monoisotopic (exact) mass is 307 g/mol. The normalized spacial score (nSPS) is 27.0. The van der Waals surface area contributed by atoms with Gasteiger partial charge in [0.1, 0.15) is 5.75 Å². The Morgan fingerprint density at radius 3 is 2.32 bits per heavy atom. The molecule has 0 saturated heterocycles. The number of aliphatic hydroxyl groups is 1. The lowest BCUT2D eigenvalue weighted by molar-refractivity contribution is -0.0714. The van der Waals surface area contributed by atoms with Crippen molar-refractivity contribution < 1.29 is 14.9 Å². The predicted molar refractivity (Wildman–Crippen MR) is 88.2 cm³/mol. The van der Waals surface area contributed by atoms with Crippen molar-refractivity contribution in [3.63, 3.8) is 0 Å². The van der Waals surface area contributed by atoms with Crippen LogP contribution in [0, 0.1) is 0 Å². The van der Waals surface area contributed by atoms with Crippen LogP contribution in [0.25, 0.3) is 0 Å². The molecule has 0 bridgehead atoms. The van der Waals surface area contributed by atoms with Crippen LogP contribution in [0.4, 0.5) is 0 Å². The van der Waals surface area contributed by atoms with Crippen molar-refractivity contribution in [2.75, 3.05) is 27.2 Å². The Labute approximate surface area is 133 Å². The molecule has 0 aromatic heterocycles. The van der Waals surface area contributed by atoms with Crippen LogP contribution in [0.2, 0.25) is 0 Å². The van der Waals surface area contributed by atoms with Gasteiger partial charge in [-0.15, -0.1) is 0 Å². The molecule has 124 valence electrons. The number of benzene rings is 1. The molecule has 0 radical (unpaired) electrons. The van der Waals surface area contributed by atoms with E-state index in [2.05, 4.69) is 4.90 Å². The Hall–Kier alpha value is -1.10. The third-order valence-corrected chi connectivity index (χ3v) is 4.69. The largest absolute Gasteiger partial charge is 0.508 e. The minimum Gasteiger partial charge on any atom is -0.508 e. The van der Waals surface area contributed by atoms with Crippen LogP contribution < -0.4 is 0 Å². The molecule has 0 aliphatic heterocycles. The average molecular weight is 307 g/mol. The van der Waals surface area contributed by atoms with Crippen molar-refractivity contribution in [2.24, 2.45) is 0 Å². The summed E-state index contributed by atoms with van der Waals surface area (Å²) in [6.45, 7) is 3.55. The molecule has 1 saturated carbocycles. The molecule has 1 unspecified atom stereocenters. The van der Waals surface area contributed by atoms with E-state index >= 15 is 0 Å². The highest BCUT2D eigenvalue weighted by molar-refractivity contribution is 5.30. The Morgan fingerprint density at radius 1 is 1.23 bits per heavy atom. The van der Waals surface area contributed by atoms with Crippen molar-refractivity contribution in [1.82, 2.24) is 4.90 Å². The minimum atomic E-state index is -0.700. The van der Waals surface area contributed by atoms with Gasteiger partial charge in [0.05, 0.1) is 11.7 Å².